The molecule has 1 unspecified atom stereocenters. The average Bonchev–Trinajstić information content (AvgIpc) is 2.62. The summed E-state index contributed by atoms with van der Waals surface area (Å²) in [5.74, 6) is -1.08. The van der Waals surface area contributed by atoms with Crippen molar-refractivity contribution >= 4 is 23.3 Å². The van der Waals surface area contributed by atoms with Crippen LogP contribution in [-0.4, -0.2) is 28.6 Å². The molecule has 0 fully saturated rings. The van der Waals surface area contributed by atoms with Crippen LogP contribution in [0.4, 0.5) is 4.79 Å². The van der Waals surface area contributed by atoms with Crippen LogP contribution in [-0.2, 0) is 4.79 Å². The SMILES string of the molecule is Cc1csc(C(C)NC(=O)NCC(=O)O)n1. The third kappa shape index (κ3) is 3.85. The van der Waals surface area contributed by atoms with Gasteiger partial charge in [0.15, 0.2) is 0 Å². The van der Waals surface area contributed by atoms with Crippen LogP contribution in [0, 0.1) is 6.92 Å². The molecule has 0 radical (unpaired) electrons. The molecule has 1 atom stereocenters. The summed E-state index contributed by atoms with van der Waals surface area (Å²) in [5, 5.41) is 15.9. The Morgan fingerprint density at radius 1 is 1.62 bits per heavy atom. The van der Waals surface area contributed by atoms with Crippen LogP contribution >= 0.6 is 11.3 Å². The summed E-state index contributed by atoms with van der Waals surface area (Å²) in [6.45, 7) is 3.27. The minimum absolute atomic E-state index is 0.229. The number of hydrogen-bond donors (Lipinski definition) is 3. The third-order valence-electron chi connectivity index (χ3n) is 1.75. The zero-order valence-corrected chi connectivity index (χ0v) is 9.80. The number of nitrogens with one attached hydrogen (secondary N) is 2. The van der Waals surface area contributed by atoms with Crippen molar-refractivity contribution in [2.24, 2.45) is 0 Å². The molecule has 0 bridgehead atoms. The summed E-state index contributed by atoms with van der Waals surface area (Å²) in [6.07, 6.45) is 0. The lowest BCUT2D eigenvalue weighted by Gasteiger charge is -2.11. The fourth-order valence-electron chi connectivity index (χ4n) is 1.04. The van der Waals surface area contributed by atoms with Gasteiger partial charge in [-0.25, -0.2) is 9.78 Å². The number of nitrogens with zero attached hydrogens (tertiary/aromatic N) is 1. The minimum Gasteiger partial charge on any atom is -0.480 e. The predicted octanol–water partition coefficient (Wildman–Crippen LogP) is 0.896. The molecule has 2 amide bonds. The summed E-state index contributed by atoms with van der Waals surface area (Å²) in [5.41, 5.74) is 0.902. The van der Waals surface area contributed by atoms with Gasteiger partial charge in [-0.2, -0.15) is 0 Å². The fourth-order valence-corrected chi connectivity index (χ4v) is 1.84. The Kier molecular flexibility index (Phi) is 4.24. The number of urea groups is 1. The van der Waals surface area contributed by atoms with E-state index in [-0.39, 0.29) is 6.04 Å². The van der Waals surface area contributed by atoms with Crippen molar-refractivity contribution in [1.29, 1.82) is 0 Å². The maximum atomic E-state index is 11.2. The largest absolute Gasteiger partial charge is 0.480 e. The number of carbonyl (C=O) groups excluding carboxylic acids is 1. The molecule has 0 spiro atoms. The van der Waals surface area contributed by atoms with Gasteiger partial charge >= 0.3 is 12.0 Å². The number of thiazole rings is 1. The van der Waals surface area contributed by atoms with Crippen LogP contribution in [0.3, 0.4) is 0 Å². The van der Waals surface area contributed by atoms with E-state index in [9.17, 15) is 9.59 Å². The Morgan fingerprint density at radius 2 is 2.31 bits per heavy atom. The van der Waals surface area contributed by atoms with Crippen LogP contribution in [0.1, 0.15) is 23.7 Å². The maximum Gasteiger partial charge on any atom is 0.323 e. The van der Waals surface area contributed by atoms with Crippen LogP contribution in [0.5, 0.6) is 0 Å². The zero-order chi connectivity index (χ0) is 12.1. The van der Waals surface area contributed by atoms with Crippen molar-refractivity contribution in [1.82, 2.24) is 15.6 Å². The van der Waals surface area contributed by atoms with Crippen molar-refractivity contribution in [2.75, 3.05) is 6.54 Å². The molecular formula is C9H13N3O3S. The predicted molar refractivity (Wildman–Crippen MR) is 59.4 cm³/mol. The Bertz CT molecular complexity index is 391. The monoisotopic (exact) mass is 243 g/mol. The first-order valence-electron chi connectivity index (χ1n) is 4.67. The highest BCUT2D eigenvalue weighted by atomic mass is 32.1. The molecule has 88 valence electrons. The van der Waals surface area contributed by atoms with E-state index in [2.05, 4.69) is 15.6 Å². The van der Waals surface area contributed by atoms with Crippen molar-refractivity contribution in [2.45, 2.75) is 19.9 Å². The molecule has 16 heavy (non-hydrogen) atoms. The lowest BCUT2D eigenvalue weighted by molar-refractivity contribution is -0.135. The number of amides is 2. The van der Waals surface area contributed by atoms with Gasteiger partial charge in [0.2, 0.25) is 0 Å². The molecule has 0 saturated heterocycles. The second-order valence-electron chi connectivity index (χ2n) is 3.27. The molecule has 1 rings (SSSR count). The van der Waals surface area contributed by atoms with E-state index in [4.69, 9.17) is 5.11 Å². The second-order valence-corrected chi connectivity index (χ2v) is 4.16. The number of aryl methyl sites for hydroxylation is 1. The van der Waals surface area contributed by atoms with E-state index in [1.54, 1.807) is 6.92 Å². The maximum absolute atomic E-state index is 11.2. The van der Waals surface area contributed by atoms with Crippen molar-refractivity contribution in [3.05, 3.63) is 16.1 Å². The molecule has 0 aliphatic heterocycles. The number of carboxylic acids is 1. The summed E-state index contributed by atoms with van der Waals surface area (Å²) in [6, 6.07) is -0.741. The van der Waals surface area contributed by atoms with E-state index in [0.717, 1.165) is 10.7 Å². The Balaban J connectivity index is 2.42. The molecule has 0 saturated carbocycles. The van der Waals surface area contributed by atoms with Gasteiger partial charge in [-0.05, 0) is 13.8 Å². The van der Waals surface area contributed by atoms with Gasteiger partial charge in [0.05, 0.1) is 6.04 Å². The highest BCUT2D eigenvalue weighted by Gasteiger charge is 2.12. The van der Waals surface area contributed by atoms with Crippen molar-refractivity contribution in [3.8, 4) is 0 Å². The Labute approximate surface area is 96.7 Å². The Morgan fingerprint density at radius 3 is 2.81 bits per heavy atom. The molecule has 6 nitrogen and oxygen atoms in total. The number of aromatic nitrogens is 1. The molecule has 7 heteroatoms. The number of hydrogen-bond acceptors (Lipinski definition) is 4. The summed E-state index contributed by atoms with van der Waals surface area (Å²) >= 11 is 1.45. The molecule has 1 aromatic heterocycles. The van der Waals surface area contributed by atoms with Gasteiger partial charge in [0, 0.05) is 11.1 Å². The number of aliphatic carboxylic acids is 1. The van der Waals surface area contributed by atoms with Crippen molar-refractivity contribution in [3.63, 3.8) is 0 Å². The number of carbonyl (C=O) groups is 2. The smallest absolute Gasteiger partial charge is 0.323 e. The molecular weight excluding hydrogens is 230 g/mol. The quantitative estimate of drug-likeness (QED) is 0.732. The van der Waals surface area contributed by atoms with Gasteiger partial charge in [0.1, 0.15) is 11.6 Å². The van der Waals surface area contributed by atoms with Gasteiger partial charge in [-0.15, -0.1) is 11.3 Å². The van der Waals surface area contributed by atoms with E-state index >= 15 is 0 Å². The van der Waals surface area contributed by atoms with Gasteiger partial charge < -0.3 is 15.7 Å². The number of rotatable bonds is 4. The van der Waals surface area contributed by atoms with Crippen LogP contribution in [0.2, 0.25) is 0 Å². The van der Waals surface area contributed by atoms with E-state index in [1.807, 2.05) is 12.3 Å². The van der Waals surface area contributed by atoms with E-state index < -0.39 is 18.5 Å². The molecule has 3 N–H and O–H groups in total. The second kappa shape index (κ2) is 5.45. The highest BCUT2D eigenvalue weighted by Crippen LogP contribution is 2.16. The van der Waals surface area contributed by atoms with Crippen LogP contribution < -0.4 is 10.6 Å². The summed E-state index contributed by atoms with van der Waals surface area (Å²) in [7, 11) is 0. The first-order valence-corrected chi connectivity index (χ1v) is 5.55. The van der Waals surface area contributed by atoms with Crippen LogP contribution in [0.25, 0.3) is 0 Å². The molecule has 0 aliphatic carbocycles. The molecule has 1 heterocycles. The molecule has 1 aromatic rings. The third-order valence-corrected chi connectivity index (χ3v) is 2.90. The zero-order valence-electron chi connectivity index (χ0n) is 8.98. The molecule has 0 aliphatic rings. The van der Waals surface area contributed by atoms with E-state index in [1.165, 1.54) is 11.3 Å². The highest BCUT2D eigenvalue weighted by molar-refractivity contribution is 7.09. The summed E-state index contributed by atoms with van der Waals surface area (Å²) < 4.78 is 0. The fraction of sp³-hybridized carbons (Fsp3) is 0.444. The lowest BCUT2D eigenvalue weighted by Crippen LogP contribution is -2.39. The van der Waals surface area contributed by atoms with Crippen molar-refractivity contribution < 1.29 is 14.7 Å². The van der Waals surface area contributed by atoms with Crippen LogP contribution in [0.15, 0.2) is 5.38 Å². The summed E-state index contributed by atoms with van der Waals surface area (Å²) in [4.78, 5) is 25.7. The first kappa shape index (κ1) is 12.4. The van der Waals surface area contributed by atoms with E-state index in [0.29, 0.717) is 0 Å². The lowest BCUT2D eigenvalue weighted by atomic mass is 10.3. The first-order chi connectivity index (χ1) is 7.49. The molecule has 0 aromatic carbocycles. The minimum atomic E-state index is -1.08. The standard InChI is InChI=1S/C9H13N3O3S/c1-5-4-16-8(11-5)6(2)12-9(15)10-3-7(13)14/h4,6H,3H2,1-2H3,(H,13,14)(H2,10,12,15). The van der Waals surface area contributed by atoms with Gasteiger partial charge in [-0.3, -0.25) is 4.79 Å². The number of carboxylic acid groups (broad SMARTS) is 1. The van der Waals surface area contributed by atoms with Gasteiger partial charge in [-0.1, -0.05) is 0 Å². The average molecular weight is 243 g/mol. The van der Waals surface area contributed by atoms with Gasteiger partial charge in [0.25, 0.3) is 0 Å². The normalized spacial score (nSPS) is 11.9. The Hall–Kier alpha value is -1.63. The topological polar surface area (TPSA) is 91.3 Å².